The molecule has 0 saturated carbocycles. The van der Waals surface area contributed by atoms with E-state index in [-0.39, 0.29) is 0 Å². The van der Waals surface area contributed by atoms with E-state index in [9.17, 15) is 4.79 Å². The van der Waals surface area contributed by atoms with Gasteiger partial charge >= 0.3 is 0 Å². The van der Waals surface area contributed by atoms with Gasteiger partial charge in [-0.25, -0.2) is 0 Å². The number of carbonyl (C=O) groups is 1. The fourth-order valence-electron chi connectivity index (χ4n) is 2.33. The quantitative estimate of drug-likeness (QED) is 0.751. The van der Waals surface area contributed by atoms with Crippen molar-refractivity contribution in [1.82, 2.24) is 4.90 Å². The number of hydrogen-bond acceptors (Lipinski definition) is 3. The van der Waals surface area contributed by atoms with Gasteiger partial charge in [-0.3, -0.25) is 4.79 Å². The molecule has 1 aliphatic rings. The first kappa shape index (κ1) is 13.8. The highest BCUT2D eigenvalue weighted by molar-refractivity contribution is 7.99. The van der Waals surface area contributed by atoms with E-state index in [0.29, 0.717) is 23.7 Å². The molecule has 1 amide bonds. The summed E-state index contributed by atoms with van der Waals surface area (Å²) < 4.78 is 0. The molecule has 0 aromatic rings. The predicted molar refractivity (Wildman–Crippen MR) is 70.6 cm³/mol. The van der Waals surface area contributed by atoms with Crippen LogP contribution in [0.25, 0.3) is 0 Å². The maximum atomic E-state index is 12.1. The number of carbonyl (C=O) groups excluding carboxylic acids is 1. The van der Waals surface area contributed by atoms with Crippen LogP contribution in [0.3, 0.4) is 0 Å². The minimum Gasteiger partial charge on any atom is -0.337 e. The molecule has 3 nitrogen and oxygen atoms in total. The molecule has 1 rings (SSSR count). The Labute approximate surface area is 103 Å². The normalized spacial score (nSPS) is 25.8. The van der Waals surface area contributed by atoms with Crippen LogP contribution in [0.2, 0.25) is 0 Å². The molecule has 4 heteroatoms. The summed E-state index contributed by atoms with van der Waals surface area (Å²) in [5.41, 5.74) is 5.42. The van der Waals surface area contributed by atoms with Crippen molar-refractivity contribution in [1.29, 1.82) is 0 Å². The fraction of sp³-hybridized carbons (Fsp3) is 0.917. The fourth-order valence-corrected chi connectivity index (χ4v) is 3.17. The van der Waals surface area contributed by atoms with Gasteiger partial charge in [-0.15, -0.1) is 0 Å². The average Bonchev–Trinajstić information content (AvgIpc) is 2.24. The molecular formula is C12H24N2OS. The Hall–Kier alpha value is -0.220. The summed E-state index contributed by atoms with van der Waals surface area (Å²) in [6.45, 7) is 5.05. The van der Waals surface area contributed by atoms with Crippen molar-refractivity contribution >= 4 is 17.7 Å². The molecule has 2 unspecified atom stereocenters. The van der Waals surface area contributed by atoms with Gasteiger partial charge in [0.1, 0.15) is 0 Å². The summed E-state index contributed by atoms with van der Waals surface area (Å²) in [7, 11) is 0. The Morgan fingerprint density at radius 2 is 2.00 bits per heavy atom. The molecule has 94 valence electrons. The molecule has 1 saturated heterocycles. The van der Waals surface area contributed by atoms with Crippen LogP contribution in [0.15, 0.2) is 0 Å². The number of piperidine rings is 1. The molecule has 0 aromatic heterocycles. The van der Waals surface area contributed by atoms with E-state index in [4.69, 9.17) is 5.73 Å². The number of amides is 1. The first-order valence-corrected chi connectivity index (χ1v) is 7.41. The maximum Gasteiger partial charge on any atom is 0.233 e. The minimum atomic E-state index is 0.307. The molecule has 0 radical (unpaired) electrons. The van der Waals surface area contributed by atoms with E-state index < -0.39 is 0 Å². The smallest absolute Gasteiger partial charge is 0.233 e. The molecule has 0 aliphatic carbocycles. The maximum absolute atomic E-state index is 12.1. The number of rotatable bonds is 5. The lowest BCUT2D eigenvalue weighted by molar-refractivity contribution is -0.134. The number of thioether (sulfide) groups is 1. The summed E-state index contributed by atoms with van der Waals surface area (Å²) >= 11 is 1.71. The zero-order valence-corrected chi connectivity index (χ0v) is 11.3. The van der Waals surface area contributed by atoms with Crippen molar-refractivity contribution in [2.75, 3.05) is 18.1 Å². The Kier molecular flexibility index (Phi) is 6.21. The highest BCUT2D eigenvalue weighted by Crippen LogP contribution is 2.23. The van der Waals surface area contributed by atoms with Crippen molar-refractivity contribution < 1.29 is 4.79 Å². The molecule has 0 aromatic carbocycles. The SMILES string of the molecule is CC1CCCC(C)N1C(=O)CSCCCN. The van der Waals surface area contributed by atoms with Gasteiger partial charge in [0.05, 0.1) is 5.75 Å². The summed E-state index contributed by atoms with van der Waals surface area (Å²) in [4.78, 5) is 14.1. The van der Waals surface area contributed by atoms with Crippen LogP contribution < -0.4 is 5.73 Å². The lowest BCUT2D eigenvalue weighted by Gasteiger charge is -2.39. The average molecular weight is 244 g/mol. The van der Waals surface area contributed by atoms with Crippen LogP contribution in [0.5, 0.6) is 0 Å². The first-order chi connectivity index (χ1) is 7.66. The highest BCUT2D eigenvalue weighted by Gasteiger charge is 2.28. The van der Waals surface area contributed by atoms with E-state index in [1.807, 2.05) is 0 Å². The molecule has 1 fully saturated rings. The van der Waals surface area contributed by atoms with Crippen LogP contribution in [-0.2, 0) is 4.79 Å². The third-order valence-electron chi connectivity index (χ3n) is 3.20. The van der Waals surface area contributed by atoms with Gasteiger partial charge in [-0.2, -0.15) is 11.8 Å². The monoisotopic (exact) mass is 244 g/mol. The van der Waals surface area contributed by atoms with E-state index in [1.54, 1.807) is 11.8 Å². The van der Waals surface area contributed by atoms with Crippen molar-refractivity contribution in [3.05, 3.63) is 0 Å². The van der Waals surface area contributed by atoms with Gasteiger partial charge in [0.2, 0.25) is 5.91 Å². The second-order valence-corrected chi connectivity index (χ2v) is 5.73. The zero-order chi connectivity index (χ0) is 12.0. The van der Waals surface area contributed by atoms with Crippen molar-refractivity contribution in [3.8, 4) is 0 Å². The van der Waals surface area contributed by atoms with Crippen LogP contribution in [0.1, 0.15) is 39.5 Å². The van der Waals surface area contributed by atoms with Gasteiger partial charge < -0.3 is 10.6 Å². The largest absolute Gasteiger partial charge is 0.337 e. The van der Waals surface area contributed by atoms with E-state index in [1.165, 1.54) is 6.42 Å². The Morgan fingerprint density at radius 1 is 1.38 bits per heavy atom. The first-order valence-electron chi connectivity index (χ1n) is 6.25. The number of nitrogens with zero attached hydrogens (tertiary/aromatic N) is 1. The lowest BCUT2D eigenvalue weighted by atomic mass is 9.98. The molecule has 0 bridgehead atoms. The Balaban J connectivity index is 2.33. The summed E-state index contributed by atoms with van der Waals surface area (Å²) in [5.74, 6) is 1.93. The van der Waals surface area contributed by atoms with Crippen molar-refractivity contribution in [2.24, 2.45) is 5.73 Å². The zero-order valence-electron chi connectivity index (χ0n) is 10.4. The molecule has 2 N–H and O–H groups in total. The third-order valence-corrected chi connectivity index (χ3v) is 4.23. The highest BCUT2D eigenvalue weighted by atomic mass is 32.2. The van der Waals surface area contributed by atoms with Crippen molar-refractivity contribution in [2.45, 2.75) is 51.6 Å². The van der Waals surface area contributed by atoms with E-state index in [0.717, 1.165) is 31.6 Å². The third kappa shape index (κ3) is 3.98. The van der Waals surface area contributed by atoms with Crippen LogP contribution in [0, 0.1) is 0 Å². The second-order valence-electron chi connectivity index (χ2n) is 4.62. The van der Waals surface area contributed by atoms with Gasteiger partial charge in [0, 0.05) is 12.1 Å². The molecule has 1 heterocycles. The molecular weight excluding hydrogens is 220 g/mol. The molecule has 2 atom stereocenters. The number of likely N-dealkylation sites (tertiary alicyclic amines) is 1. The topological polar surface area (TPSA) is 46.3 Å². The Morgan fingerprint density at radius 3 is 2.56 bits per heavy atom. The standard InChI is InChI=1S/C12H24N2OS/c1-10-5-3-6-11(2)14(10)12(15)9-16-8-4-7-13/h10-11H,3-9,13H2,1-2H3. The van der Waals surface area contributed by atoms with Crippen LogP contribution in [0.4, 0.5) is 0 Å². The Bertz CT molecular complexity index is 213. The minimum absolute atomic E-state index is 0.307. The molecule has 0 spiro atoms. The lowest BCUT2D eigenvalue weighted by Crippen LogP contribution is -2.48. The van der Waals surface area contributed by atoms with Crippen LogP contribution >= 0.6 is 11.8 Å². The van der Waals surface area contributed by atoms with E-state index in [2.05, 4.69) is 18.7 Å². The van der Waals surface area contributed by atoms with Gasteiger partial charge in [-0.1, -0.05) is 0 Å². The van der Waals surface area contributed by atoms with Gasteiger partial charge in [0.15, 0.2) is 0 Å². The number of hydrogen-bond donors (Lipinski definition) is 1. The summed E-state index contributed by atoms with van der Waals surface area (Å²) in [6, 6.07) is 0.845. The van der Waals surface area contributed by atoms with E-state index >= 15 is 0 Å². The van der Waals surface area contributed by atoms with Crippen LogP contribution in [-0.4, -0.2) is 40.9 Å². The van der Waals surface area contributed by atoms with Crippen molar-refractivity contribution in [3.63, 3.8) is 0 Å². The van der Waals surface area contributed by atoms with Gasteiger partial charge in [-0.05, 0) is 51.8 Å². The van der Waals surface area contributed by atoms with Gasteiger partial charge in [0.25, 0.3) is 0 Å². The summed E-state index contributed by atoms with van der Waals surface area (Å²) in [5, 5.41) is 0. The number of nitrogens with two attached hydrogens (primary N) is 1. The summed E-state index contributed by atoms with van der Waals surface area (Å²) in [6.07, 6.45) is 4.57. The molecule has 1 aliphatic heterocycles. The predicted octanol–water partition coefficient (Wildman–Crippen LogP) is 1.86. The molecule has 16 heavy (non-hydrogen) atoms. The second kappa shape index (κ2) is 7.17.